The van der Waals surface area contributed by atoms with Gasteiger partial charge in [-0.25, -0.2) is 0 Å². The highest BCUT2D eigenvalue weighted by Gasteiger charge is 1.93. The van der Waals surface area contributed by atoms with Gasteiger partial charge < -0.3 is 19.5 Å². The third kappa shape index (κ3) is 19.8. The van der Waals surface area contributed by atoms with Gasteiger partial charge in [-0.05, 0) is 13.0 Å². The molecule has 0 aliphatic rings. The van der Waals surface area contributed by atoms with E-state index in [0.29, 0.717) is 26.4 Å². The lowest BCUT2D eigenvalue weighted by atomic mass is 10.1. The number of rotatable bonds is 18. The SMILES string of the molecule is CCCCCCCCCCNCCOCCOCCOC. The van der Waals surface area contributed by atoms with Gasteiger partial charge in [-0.3, -0.25) is 0 Å². The largest absolute Gasteiger partial charge is 0.382 e. The molecule has 0 saturated heterocycles. The Morgan fingerprint density at radius 1 is 0.619 bits per heavy atom. The lowest BCUT2D eigenvalue weighted by Gasteiger charge is -2.07. The van der Waals surface area contributed by atoms with Crippen molar-refractivity contribution >= 4 is 0 Å². The Morgan fingerprint density at radius 3 is 1.86 bits per heavy atom. The molecule has 0 fully saturated rings. The smallest absolute Gasteiger partial charge is 0.0701 e. The monoisotopic (exact) mass is 303 g/mol. The van der Waals surface area contributed by atoms with Crippen LogP contribution in [0, 0.1) is 0 Å². The maximum atomic E-state index is 5.47. The van der Waals surface area contributed by atoms with Gasteiger partial charge >= 0.3 is 0 Å². The molecule has 0 atom stereocenters. The molecule has 0 spiro atoms. The van der Waals surface area contributed by atoms with Gasteiger partial charge in [0.05, 0.1) is 33.0 Å². The molecule has 0 heterocycles. The van der Waals surface area contributed by atoms with E-state index >= 15 is 0 Å². The summed E-state index contributed by atoms with van der Waals surface area (Å²) in [5.74, 6) is 0. The maximum Gasteiger partial charge on any atom is 0.0701 e. The van der Waals surface area contributed by atoms with Gasteiger partial charge in [0.15, 0.2) is 0 Å². The molecule has 1 N–H and O–H groups in total. The summed E-state index contributed by atoms with van der Waals surface area (Å²) < 4.78 is 15.7. The predicted molar refractivity (Wildman–Crippen MR) is 89.0 cm³/mol. The fraction of sp³-hybridized carbons (Fsp3) is 1.00. The Kier molecular flexibility index (Phi) is 19.7. The summed E-state index contributed by atoms with van der Waals surface area (Å²) in [6, 6.07) is 0. The Balaban J connectivity index is 2.90. The fourth-order valence-electron chi connectivity index (χ4n) is 2.12. The van der Waals surface area contributed by atoms with E-state index in [1.54, 1.807) is 7.11 Å². The molecular weight excluding hydrogens is 266 g/mol. The van der Waals surface area contributed by atoms with Crippen LogP contribution in [0.25, 0.3) is 0 Å². The first-order valence-electron chi connectivity index (χ1n) is 8.77. The Hall–Kier alpha value is -0.160. The van der Waals surface area contributed by atoms with E-state index in [-0.39, 0.29) is 0 Å². The second kappa shape index (κ2) is 19.8. The van der Waals surface area contributed by atoms with Gasteiger partial charge in [-0.15, -0.1) is 0 Å². The zero-order chi connectivity index (χ0) is 15.4. The number of ether oxygens (including phenoxy) is 3. The van der Waals surface area contributed by atoms with E-state index in [2.05, 4.69) is 12.2 Å². The summed E-state index contributed by atoms with van der Waals surface area (Å²) >= 11 is 0. The van der Waals surface area contributed by atoms with Crippen LogP contribution in [0.5, 0.6) is 0 Å². The first kappa shape index (κ1) is 20.8. The normalized spacial score (nSPS) is 11.1. The summed E-state index contributed by atoms with van der Waals surface area (Å²) in [6.07, 6.45) is 11.0. The minimum absolute atomic E-state index is 0.649. The van der Waals surface area contributed by atoms with Crippen molar-refractivity contribution in [2.24, 2.45) is 0 Å². The quantitative estimate of drug-likeness (QED) is 0.394. The van der Waals surface area contributed by atoms with E-state index in [0.717, 1.165) is 19.7 Å². The van der Waals surface area contributed by atoms with Crippen molar-refractivity contribution in [3.8, 4) is 0 Å². The zero-order valence-corrected chi connectivity index (χ0v) is 14.3. The topological polar surface area (TPSA) is 39.7 Å². The van der Waals surface area contributed by atoms with Crippen molar-refractivity contribution in [3.05, 3.63) is 0 Å². The predicted octanol–water partition coefficient (Wildman–Crippen LogP) is 3.40. The molecule has 0 aliphatic carbocycles. The summed E-state index contributed by atoms with van der Waals surface area (Å²) in [7, 11) is 1.68. The summed E-state index contributed by atoms with van der Waals surface area (Å²) in [5.41, 5.74) is 0. The van der Waals surface area contributed by atoms with Crippen LogP contribution in [0.3, 0.4) is 0 Å². The molecular formula is C17H37NO3. The first-order valence-corrected chi connectivity index (χ1v) is 8.77. The Labute approximate surface area is 131 Å². The molecule has 4 heteroatoms. The number of nitrogens with one attached hydrogen (secondary N) is 1. The van der Waals surface area contributed by atoms with Crippen molar-refractivity contribution in [2.75, 3.05) is 53.2 Å². The fourth-order valence-corrected chi connectivity index (χ4v) is 2.12. The molecule has 4 nitrogen and oxygen atoms in total. The Morgan fingerprint density at radius 2 is 1.19 bits per heavy atom. The summed E-state index contributed by atoms with van der Waals surface area (Å²) in [6.45, 7) is 7.72. The van der Waals surface area contributed by atoms with Crippen molar-refractivity contribution in [3.63, 3.8) is 0 Å². The number of unbranched alkanes of at least 4 members (excludes halogenated alkanes) is 7. The molecule has 0 bridgehead atoms. The third-order valence-electron chi connectivity index (χ3n) is 3.43. The van der Waals surface area contributed by atoms with Crippen LogP contribution in [0.2, 0.25) is 0 Å². The van der Waals surface area contributed by atoms with Gasteiger partial charge in [0, 0.05) is 13.7 Å². The summed E-state index contributed by atoms with van der Waals surface area (Å²) in [4.78, 5) is 0. The van der Waals surface area contributed by atoms with E-state index in [1.165, 1.54) is 51.4 Å². The minimum Gasteiger partial charge on any atom is -0.382 e. The molecule has 0 unspecified atom stereocenters. The van der Waals surface area contributed by atoms with Gasteiger partial charge in [0.1, 0.15) is 0 Å². The molecule has 21 heavy (non-hydrogen) atoms. The number of hydrogen-bond acceptors (Lipinski definition) is 4. The van der Waals surface area contributed by atoms with Crippen molar-refractivity contribution in [1.29, 1.82) is 0 Å². The maximum absolute atomic E-state index is 5.47. The average molecular weight is 303 g/mol. The standard InChI is InChI=1S/C17H37NO3/c1-3-4-5-6-7-8-9-10-11-18-12-13-20-16-17-21-15-14-19-2/h18H,3-17H2,1-2H3. The van der Waals surface area contributed by atoms with Crippen molar-refractivity contribution in [2.45, 2.75) is 58.3 Å². The average Bonchev–Trinajstić information content (AvgIpc) is 2.50. The minimum atomic E-state index is 0.649. The molecule has 0 aliphatic heterocycles. The van der Waals surface area contributed by atoms with E-state index in [4.69, 9.17) is 14.2 Å². The molecule has 0 rings (SSSR count). The van der Waals surface area contributed by atoms with Gasteiger partial charge in [-0.2, -0.15) is 0 Å². The van der Waals surface area contributed by atoms with E-state index in [1.807, 2.05) is 0 Å². The molecule has 128 valence electrons. The highest BCUT2D eigenvalue weighted by atomic mass is 16.5. The van der Waals surface area contributed by atoms with Crippen molar-refractivity contribution in [1.82, 2.24) is 5.32 Å². The van der Waals surface area contributed by atoms with Crippen LogP contribution in [0.4, 0.5) is 0 Å². The van der Waals surface area contributed by atoms with Gasteiger partial charge in [0.2, 0.25) is 0 Å². The first-order chi connectivity index (χ1) is 10.4. The number of methoxy groups -OCH3 is 1. The van der Waals surface area contributed by atoms with Gasteiger partial charge in [0.25, 0.3) is 0 Å². The number of hydrogen-bond donors (Lipinski definition) is 1. The van der Waals surface area contributed by atoms with Crippen LogP contribution < -0.4 is 5.32 Å². The molecule has 0 aromatic rings. The lowest BCUT2D eigenvalue weighted by molar-refractivity contribution is 0.0256. The van der Waals surface area contributed by atoms with Crippen LogP contribution in [0.15, 0.2) is 0 Å². The molecule has 0 aromatic carbocycles. The third-order valence-corrected chi connectivity index (χ3v) is 3.43. The van der Waals surface area contributed by atoms with Gasteiger partial charge in [-0.1, -0.05) is 51.9 Å². The molecule has 0 saturated carbocycles. The van der Waals surface area contributed by atoms with Crippen LogP contribution in [-0.2, 0) is 14.2 Å². The molecule has 0 amide bonds. The van der Waals surface area contributed by atoms with Crippen LogP contribution in [-0.4, -0.2) is 53.2 Å². The second-order valence-corrected chi connectivity index (χ2v) is 5.44. The van der Waals surface area contributed by atoms with Crippen molar-refractivity contribution < 1.29 is 14.2 Å². The highest BCUT2D eigenvalue weighted by molar-refractivity contribution is 4.50. The summed E-state index contributed by atoms with van der Waals surface area (Å²) in [5, 5.41) is 3.42. The molecule has 0 radical (unpaired) electrons. The van der Waals surface area contributed by atoms with E-state index in [9.17, 15) is 0 Å². The zero-order valence-electron chi connectivity index (χ0n) is 14.3. The van der Waals surface area contributed by atoms with Crippen LogP contribution >= 0.6 is 0 Å². The van der Waals surface area contributed by atoms with E-state index < -0.39 is 0 Å². The highest BCUT2D eigenvalue weighted by Crippen LogP contribution is 2.07. The molecule has 0 aromatic heterocycles. The Bertz CT molecular complexity index is 161. The van der Waals surface area contributed by atoms with Crippen LogP contribution in [0.1, 0.15) is 58.3 Å². The lowest BCUT2D eigenvalue weighted by Crippen LogP contribution is -2.21. The second-order valence-electron chi connectivity index (χ2n) is 5.44.